The number of ether oxygens (including phenoxy) is 3. The standard InChI is InChI=1S/C28H38N2O6/c1-16(2)22-10-17-11-23(29-9-8-18(14-29)34-6)20(26(32)35-7)12-19(17)24-13-25(31)21(15-30(22)24)27(33)36-28(3,4)5/h11-12,15-16,18,22,24H,8-10,13-14H2,1-7H3. The summed E-state index contributed by atoms with van der Waals surface area (Å²) in [4.78, 5) is 43.2. The van der Waals surface area contributed by atoms with E-state index in [0.29, 0.717) is 12.1 Å². The van der Waals surface area contributed by atoms with Gasteiger partial charge in [0.05, 0.1) is 30.5 Å². The first-order valence-electron chi connectivity index (χ1n) is 12.7. The molecule has 3 unspecified atom stereocenters. The largest absolute Gasteiger partial charge is 0.465 e. The van der Waals surface area contributed by atoms with Crippen molar-refractivity contribution in [1.82, 2.24) is 4.90 Å². The van der Waals surface area contributed by atoms with E-state index in [1.54, 1.807) is 34.1 Å². The van der Waals surface area contributed by atoms with Crippen molar-refractivity contribution >= 4 is 23.4 Å². The van der Waals surface area contributed by atoms with E-state index >= 15 is 0 Å². The smallest absolute Gasteiger partial charge is 0.343 e. The number of carbonyl (C=O) groups excluding carboxylic acids is 3. The maximum atomic E-state index is 13.2. The van der Waals surface area contributed by atoms with E-state index in [1.165, 1.54) is 7.11 Å². The molecule has 3 aliphatic heterocycles. The van der Waals surface area contributed by atoms with Gasteiger partial charge in [-0.15, -0.1) is 0 Å². The summed E-state index contributed by atoms with van der Waals surface area (Å²) in [6, 6.07) is 3.83. The fourth-order valence-electron chi connectivity index (χ4n) is 5.52. The number of ketones is 1. The number of carbonyl (C=O) groups is 3. The van der Waals surface area contributed by atoms with Crippen LogP contribution in [0.25, 0.3) is 0 Å². The van der Waals surface area contributed by atoms with Gasteiger partial charge in [0.25, 0.3) is 0 Å². The summed E-state index contributed by atoms with van der Waals surface area (Å²) in [6.45, 7) is 11.2. The number of benzene rings is 1. The summed E-state index contributed by atoms with van der Waals surface area (Å²) in [5.41, 5.74) is 2.80. The second-order valence-corrected chi connectivity index (χ2v) is 11.3. The lowest BCUT2D eigenvalue weighted by atomic mass is 9.79. The van der Waals surface area contributed by atoms with Gasteiger partial charge in [0.1, 0.15) is 11.2 Å². The van der Waals surface area contributed by atoms with E-state index in [4.69, 9.17) is 14.2 Å². The normalized spacial score (nSPS) is 23.8. The van der Waals surface area contributed by atoms with Crippen LogP contribution in [0.15, 0.2) is 23.9 Å². The predicted octanol–water partition coefficient (Wildman–Crippen LogP) is 3.82. The van der Waals surface area contributed by atoms with Gasteiger partial charge in [-0.2, -0.15) is 0 Å². The Morgan fingerprint density at radius 2 is 1.81 bits per heavy atom. The maximum absolute atomic E-state index is 13.2. The van der Waals surface area contributed by atoms with Gasteiger partial charge in [0.15, 0.2) is 5.78 Å². The molecule has 8 nitrogen and oxygen atoms in total. The highest BCUT2D eigenvalue weighted by Crippen LogP contribution is 2.44. The number of methoxy groups -OCH3 is 2. The van der Waals surface area contributed by atoms with Crippen molar-refractivity contribution in [3.8, 4) is 0 Å². The van der Waals surface area contributed by atoms with Crippen LogP contribution in [0.1, 0.15) is 75.0 Å². The zero-order chi connectivity index (χ0) is 26.4. The van der Waals surface area contributed by atoms with E-state index in [0.717, 1.165) is 36.2 Å². The highest BCUT2D eigenvalue weighted by atomic mass is 16.6. The summed E-state index contributed by atoms with van der Waals surface area (Å²) in [7, 11) is 3.10. The molecule has 0 amide bonds. The number of nitrogens with zero attached hydrogens (tertiary/aromatic N) is 2. The molecule has 3 atom stereocenters. The summed E-state index contributed by atoms with van der Waals surface area (Å²) in [5, 5.41) is 0. The van der Waals surface area contributed by atoms with Crippen LogP contribution >= 0.6 is 0 Å². The van der Waals surface area contributed by atoms with Gasteiger partial charge in [-0.25, -0.2) is 9.59 Å². The molecule has 0 saturated carbocycles. The molecule has 1 aromatic rings. The van der Waals surface area contributed by atoms with Crippen molar-refractivity contribution in [2.75, 3.05) is 32.2 Å². The van der Waals surface area contributed by atoms with Gasteiger partial charge < -0.3 is 24.0 Å². The number of fused-ring (bicyclic) bond motifs is 3. The molecule has 0 N–H and O–H groups in total. The number of hydrogen-bond donors (Lipinski definition) is 0. The summed E-state index contributed by atoms with van der Waals surface area (Å²) in [5.74, 6) is -0.963. The van der Waals surface area contributed by atoms with E-state index in [9.17, 15) is 14.4 Å². The second kappa shape index (κ2) is 9.88. The summed E-state index contributed by atoms with van der Waals surface area (Å²) < 4.78 is 16.2. The monoisotopic (exact) mass is 498 g/mol. The highest BCUT2D eigenvalue weighted by molar-refractivity contribution is 6.18. The molecule has 8 heteroatoms. The minimum Gasteiger partial charge on any atom is -0.465 e. The van der Waals surface area contributed by atoms with Gasteiger partial charge in [-0.3, -0.25) is 4.79 Å². The molecule has 1 saturated heterocycles. The van der Waals surface area contributed by atoms with Crippen molar-refractivity contribution in [2.24, 2.45) is 5.92 Å². The zero-order valence-corrected chi connectivity index (χ0v) is 22.4. The van der Waals surface area contributed by atoms with Crippen LogP contribution in [-0.2, 0) is 30.2 Å². The quantitative estimate of drug-likeness (QED) is 0.448. The minimum absolute atomic E-state index is 0.0859. The highest BCUT2D eigenvalue weighted by Gasteiger charge is 2.42. The molecule has 36 heavy (non-hydrogen) atoms. The topological polar surface area (TPSA) is 85.4 Å². The third-order valence-electron chi connectivity index (χ3n) is 7.36. The van der Waals surface area contributed by atoms with Gasteiger partial charge in [-0.05, 0) is 62.8 Å². The first-order chi connectivity index (χ1) is 16.9. The van der Waals surface area contributed by atoms with Gasteiger partial charge in [0, 0.05) is 38.9 Å². The zero-order valence-electron chi connectivity index (χ0n) is 22.4. The Bertz CT molecular complexity index is 1090. The molecular formula is C28H38N2O6. The Kier molecular flexibility index (Phi) is 7.19. The van der Waals surface area contributed by atoms with Gasteiger partial charge in [-0.1, -0.05) is 13.8 Å². The first-order valence-corrected chi connectivity index (χ1v) is 12.7. The van der Waals surface area contributed by atoms with Crippen molar-refractivity contribution in [1.29, 1.82) is 0 Å². The molecule has 196 valence electrons. The van der Waals surface area contributed by atoms with Gasteiger partial charge >= 0.3 is 11.9 Å². The maximum Gasteiger partial charge on any atom is 0.343 e. The lowest BCUT2D eigenvalue weighted by Crippen LogP contribution is -2.47. The third-order valence-corrected chi connectivity index (χ3v) is 7.36. The van der Waals surface area contributed by atoms with Crippen molar-refractivity contribution in [3.05, 3.63) is 40.6 Å². The fourth-order valence-corrected chi connectivity index (χ4v) is 5.52. The minimum atomic E-state index is -0.690. The number of hydrogen-bond acceptors (Lipinski definition) is 8. The fraction of sp³-hybridized carbons (Fsp3) is 0.607. The van der Waals surface area contributed by atoms with Crippen LogP contribution in [0, 0.1) is 5.92 Å². The van der Waals surface area contributed by atoms with Crippen LogP contribution in [0.2, 0.25) is 0 Å². The van der Waals surface area contributed by atoms with Gasteiger partial charge in [0.2, 0.25) is 0 Å². The average Bonchev–Trinajstić information content (AvgIpc) is 3.29. The summed E-state index contributed by atoms with van der Waals surface area (Å²) in [6.07, 6.45) is 3.60. The Morgan fingerprint density at radius 1 is 1.08 bits per heavy atom. The number of esters is 2. The molecule has 0 bridgehead atoms. The molecule has 0 aliphatic carbocycles. The molecule has 0 aromatic heterocycles. The molecule has 1 fully saturated rings. The molecule has 3 aliphatic rings. The second-order valence-electron chi connectivity index (χ2n) is 11.3. The van der Waals surface area contributed by atoms with Crippen LogP contribution < -0.4 is 4.90 Å². The molecule has 0 radical (unpaired) electrons. The predicted molar refractivity (Wildman–Crippen MR) is 136 cm³/mol. The molecule has 4 rings (SSSR count). The van der Waals surface area contributed by atoms with Crippen LogP contribution in [-0.4, -0.2) is 67.7 Å². The molecule has 0 spiro atoms. The SMILES string of the molecule is COC(=O)c1cc2c(cc1N1CCC(OC)C1)CC(C(C)C)N1C=C(C(=O)OC(C)(C)C)C(=O)CC21. The Labute approximate surface area is 213 Å². The van der Waals surface area contributed by atoms with Crippen molar-refractivity contribution in [2.45, 2.75) is 77.7 Å². The lowest BCUT2D eigenvalue weighted by molar-refractivity contribution is -0.151. The van der Waals surface area contributed by atoms with Crippen LogP contribution in [0.3, 0.4) is 0 Å². The Balaban J connectivity index is 1.78. The first kappa shape index (κ1) is 26.2. The number of anilines is 1. The Hall–Kier alpha value is -2.87. The molecular weight excluding hydrogens is 460 g/mol. The van der Waals surface area contributed by atoms with E-state index in [2.05, 4.69) is 29.7 Å². The van der Waals surface area contributed by atoms with E-state index in [-0.39, 0.29) is 41.9 Å². The van der Waals surface area contributed by atoms with Crippen molar-refractivity contribution in [3.63, 3.8) is 0 Å². The lowest BCUT2D eigenvalue weighted by Gasteiger charge is -2.47. The summed E-state index contributed by atoms with van der Waals surface area (Å²) >= 11 is 0. The van der Waals surface area contributed by atoms with Crippen LogP contribution in [0.5, 0.6) is 0 Å². The average molecular weight is 499 g/mol. The number of rotatable bonds is 5. The van der Waals surface area contributed by atoms with Crippen molar-refractivity contribution < 1.29 is 28.6 Å². The Morgan fingerprint density at radius 3 is 2.39 bits per heavy atom. The molecule has 3 heterocycles. The number of Topliss-reactive ketones (excluding diaryl/α,β-unsaturated/α-hetero) is 1. The van der Waals surface area contributed by atoms with E-state index < -0.39 is 17.5 Å². The molecule has 1 aromatic carbocycles. The van der Waals surface area contributed by atoms with E-state index in [1.807, 2.05) is 6.07 Å². The third kappa shape index (κ3) is 5.01. The van der Waals surface area contributed by atoms with Crippen LogP contribution in [0.4, 0.5) is 5.69 Å².